The summed E-state index contributed by atoms with van der Waals surface area (Å²) in [5.74, 6) is 0. The molecule has 0 nitrogen and oxygen atoms in total. The number of alkyl halides is 3. The monoisotopic (exact) mass is 268 g/mol. The molecule has 0 aromatic rings. The van der Waals surface area contributed by atoms with Crippen molar-refractivity contribution in [3.05, 3.63) is 6.92 Å². The number of hydrogen-bond acceptors (Lipinski definition) is 0. The second kappa shape index (κ2) is 7.99. The Morgan fingerprint density at radius 3 is 1.70 bits per heavy atom. The average Bonchev–Trinajstić information content (AvgIpc) is 1.59. The fraction of sp³-hybridized carbons (Fsp3) is 0.800. The van der Waals surface area contributed by atoms with Gasteiger partial charge in [-0.05, 0) is 0 Å². The van der Waals surface area contributed by atoms with Crippen LogP contribution >= 0.6 is 0 Å². The van der Waals surface area contributed by atoms with Gasteiger partial charge in [-0.25, -0.2) is 0 Å². The van der Waals surface area contributed by atoms with Crippen molar-refractivity contribution in [3.63, 3.8) is 0 Å². The summed E-state index contributed by atoms with van der Waals surface area (Å²) >= 11 is 0. The van der Waals surface area contributed by atoms with Crippen LogP contribution in [0.1, 0.15) is 19.3 Å². The van der Waals surface area contributed by atoms with Crippen LogP contribution in [0.25, 0.3) is 0 Å². The topological polar surface area (TPSA) is 0 Å². The predicted molar refractivity (Wildman–Crippen MR) is 25.3 cm³/mol. The summed E-state index contributed by atoms with van der Waals surface area (Å²) in [6, 6.07) is 0. The molecule has 0 unspecified atom stereocenters. The van der Waals surface area contributed by atoms with Crippen molar-refractivity contribution in [1.82, 2.24) is 0 Å². The molecule has 0 aromatic heterocycles. The van der Waals surface area contributed by atoms with Crippen molar-refractivity contribution in [1.29, 1.82) is 0 Å². The maximum Gasteiger partial charge on any atom is 2.00 e. The zero-order valence-corrected chi connectivity index (χ0v) is 10.1. The van der Waals surface area contributed by atoms with Gasteiger partial charge in [0.2, 0.25) is 0 Å². The second-order valence-corrected chi connectivity index (χ2v) is 1.57. The van der Waals surface area contributed by atoms with E-state index in [2.05, 4.69) is 6.92 Å². The zero-order chi connectivity index (χ0) is 6.62. The Labute approximate surface area is 82.1 Å². The van der Waals surface area contributed by atoms with E-state index in [0.29, 0.717) is 6.42 Å². The maximum absolute atomic E-state index is 11.2. The summed E-state index contributed by atoms with van der Waals surface area (Å²) in [7, 11) is 0. The Morgan fingerprint density at radius 2 is 1.60 bits per heavy atom. The van der Waals surface area contributed by atoms with Gasteiger partial charge in [-0.15, -0.1) is 0 Å². The Morgan fingerprint density at radius 1 is 1.20 bits per heavy atom. The van der Waals surface area contributed by atoms with E-state index < -0.39 is 12.6 Å². The van der Waals surface area contributed by atoms with Gasteiger partial charge < -0.3 is 23.9 Å². The van der Waals surface area contributed by atoms with Gasteiger partial charge in [0.15, 0.2) is 0 Å². The fourth-order valence-electron chi connectivity index (χ4n) is 0.325. The first-order chi connectivity index (χ1) is 3.56. The van der Waals surface area contributed by atoms with Crippen LogP contribution in [0.4, 0.5) is 13.2 Å². The zero-order valence-electron chi connectivity index (χ0n) is 5.55. The predicted octanol–water partition coefficient (Wildman–Crippen LogP) is -0.445. The van der Waals surface area contributed by atoms with Gasteiger partial charge >= 0.3 is 25.7 Å². The Bertz CT molecular complexity index is 64.4. The first-order valence-corrected chi connectivity index (χ1v) is 2.42. The quantitative estimate of drug-likeness (QED) is 0.471. The van der Waals surface area contributed by atoms with Crippen LogP contribution in [0.5, 0.6) is 0 Å². The van der Waals surface area contributed by atoms with Crippen molar-refractivity contribution in [2.75, 3.05) is 0 Å². The third kappa shape index (κ3) is 16.0. The maximum atomic E-state index is 11.2. The van der Waals surface area contributed by atoms with Crippen LogP contribution in [0.2, 0.25) is 0 Å². The average molecular weight is 270 g/mol. The van der Waals surface area contributed by atoms with Crippen LogP contribution in [-0.2, 0) is 19.5 Å². The van der Waals surface area contributed by atoms with E-state index in [1.807, 2.05) is 0 Å². The number of hydrogen-bond donors (Lipinski definition) is 0. The van der Waals surface area contributed by atoms with Gasteiger partial charge in [-0.2, -0.15) is 19.6 Å². The van der Waals surface area contributed by atoms with Crippen molar-refractivity contribution in [2.24, 2.45) is 0 Å². The third-order valence-electron chi connectivity index (χ3n) is 0.710. The molecule has 0 fully saturated rings. The molecule has 0 saturated heterocycles. The minimum Gasteiger partial charge on any atom is -1.00 e. The minimum absolute atomic E-state index is 0. The molecule has 0 rings (SSSR count). The third-order valence-corrected chi connectivity index (χ3v) is 0.710. The molecule has 0 bridgehead atoms. The number of halogens is 4. The van der Waals surface area contributed by atoms with E-state index in [1.54, 1.807) is 0 Å². The number of unbranched alkanes of at least 4 members (excludes halogenated alkanes) is 1. The summed E-state index contributed by atoms with van der Waals surface area (Å²) in [6.07, 6.45) is -4.18. The smallest absolute Gasteiger partial charge is 1.00 e. The standard InChI is InChI=1S/C5H8F3.BrH.Zn/c1-2-3-4-5(6,7)8;;/h1-4H2;1H;/q-1;;+2/p-1. The second-order valence-electron chi connectivity index (χ2n) is 1.57. The molecule has 0 amide bonds. The van der Waals surface area contributed by atoms with Crippen molar-refractivity contribution in [2.45, 2.75) is 25.4 Å². The molecule has 0 aliphatic carbocycles. The Kier molecular flexibility index (Phi) is 13.7. The van der Waals surface area contributed by atoms with Gasteiger partial charge in [0.05, 0.1) is 0 Å². The molecule has 0 saturated carbocycles. The normalized spacial score (nSPS) is 9.60. The summed E-state index contributed by atoms with van der Waals surface area (Å²) in [5.41, 5.74) is 0. The van der Waals surface area contributed by atoms with Crippen molar-refractivity contribution in [3.8, 4) is 0 Å². The first-order valence-electron chi connectivity index (χ1n) is 2.42. The van der Waals surface area contributed by atoms with Gasteiger partial charge in [0.1, 0.15) is 0 Å². The van der Waals surface area contributed by atoms with Crippen LogP contribution in [-0.4, -0.2) is 6.18 Å². The molecular formula is C5H8BrF3Zn. The van der Waals surface area contributed by atoms with Crippen LogP contribution in [0.15, 0.2) is 0 Å². The summed E-state index contributed by atoms with van der Waals surface area (Å²) in [5, 5.41) is 0. The van der Waals surface area contributed by atoms with E-state index in [1.165, 1.54) is 0 Å². The molecule has 0 radical (unpaired) electrons. The molecule has 10 heavy (non-hydrogen) atoms. The number of rotatable bonds is 2. The summed E-state index contributed by atoms with van der Waals surface area (Å²) in [4.78, 5) is 0. The fourth-order valence-corrected chi connectivity index (χ4v) is 0.325. The van der Waals surface area contributed by atoms with Crippen LogP contribution in [0.3, 0.4) is 0 Å². The van der Waals surface area contributed by atoms with Gasteiger partial charge in [-0.3, -0.25) is 0 Å². The molecule has 5 heteroatoms. The van der Waals surface area contributed by atoms with E-state index in [9.17, 15) is 13.2 Å². The molecule has 0 aliphatic heterocycles. The molecule has 0 N–H and O–H groups in total. The molecule has 0 atom stereocenters. The van der Waals surface area contributed by atoms with E-state index in [-0.39, 0.29) is 42.9 Å². The van der Waals surface area contributed by atoms with Gasteiger partial charge in [0, 0.05) is 6.42 Å². The molecule has 0 spiro atoms. The van der Waals surface area contributed by atoms with E-state index >= 15 is 0 Å². The van der Waals surface area contributed by atoms with Crippen molar-refractivity contribution >= 4 is 0 Å². The summed E-state index contributed by atoms with van der Waals surface area (Å²) < 4.78 is 33.6. The molecular weight excluding hydrogens is 262 g/mol. The molecule has 0 heterocycles. The van der Waals surface area contributed by atoms with Crippen LogP contribution in [0, 0.1) is 6.92 Å². The molecule has 0 aromatic carbocycles. The first kappa shape index (κ1) is 17.1. The SMILES string of the molecule is [Br-].[CH2-]CCCC(F)(F)F.[Zn+2]. The molecule has 58 valence electrons. The minimum atomic E-state index is -3.99. The molecule has 0 aliphatic rings. The largest absolute Gasteiger partial charge is 2.00 e. The van der Waals surface area contributed by atoms with E-state index in [0.717, 1.165) is 0 Å². The Hall–Kier alpha value is 0.893. The van der Waals surface area contributed by atoms with Gasteiger partial charge in [-0.1, -0.05) is 6.42 Å². The van der Waals surface area contributed by atoms with E-state index in [4.69, 9.17) is 0 Å². The van der Waals surface area contributed by atoms with Gasteiger partial charge in [0.25, 0.3) is 0 Å². The summed E-state index contributed by atoms with van der Waals surface area (Å²) in [6.45, 7) is 3.29. The Balaban J connectivity index is -0.000000245. The van der Waals surface area contributed by atoms with Crippen molar-refractivity contribution < 1.29 is 49.6 Å². The van der Waals surface area contributed by atoms with Crippen LogP contribution < -0.4 is 17.0 Å².